The first-order chi connectivity index (χ1) is 6.74. The lowest BCUT2D eigenvalue weighted by Gasteiger charge is -1.95. The third-order valence-electron chi connectivity index (χ3n) is 1.39. The van der Waals surface area contributed by atoms with Crippen molar-refractivity contribution in [3.8, 4) is 17.6 Å². The van der Waals surface area contributed by atoms with Gasteiger partial charge in [-0.2, -0.15) is 0 Å². The number of hydrogen-bond acceptors (Lipinski definition) is 2. The first-order valence-electron chi connectivity index (χ1n) is 3.72. The number of benzene rings is 1. The molecule has 5 heteroatoms. The molecule has 14 heavy (non-hydrogen) atoms. The smallest absolute Gasteiger partial charge is 0.116 e. The molecule has 0 atom stereocenters. The number of nitrogens with zero attached hydrogens (tertiary/aromatic N) is 3. The maximum Gasteiger partial charge on any atom is 0.116 e. The Morgan fingerprint density at radius 2 is 2.36 bits per heavy atom. The van der Waals surface area contributed by atoms with Crippen molar-refractivity contribution in [1.29, 1.82) is 0 Å². The van der Waals surface area contributed by atoms with E-state index in [0.29, 0.717) is 10.6 Å². The van der Waals surface area contributed by atoms with Crippen LogP contribution in [0.1, 0.15) is 5.56 Å². The van der Waals surface area contributed by atoms with Crippen LogP contribution in [0.5, 0.6) is 5.75 Å². The Balaban J connectivity index is 2.88. The van der Waals surface area contributed by atoms with Gasteiger partial charge < -0.3 is 5.11 Å². The van der Waals surface area contributed by atoms with Crippen LogP contribution < -0.4 is 0 Å². The summed E-state index contributed by atoms with van der Waals surface area (Å²) >= 11 is 5.79. The highest BCUT2D eigenvalue weighted by molar-refractivity contribution is 6.31. The minimum Gasteiger partial charge on any atom is -0.508 e. The molecule has 1 aromatic rings. The van der Waals surface area contributed by atoms with Crippen molar-refractivity contribution in [3.05, 3.63) is 39.2 Å². The molecule has 0 aliphatic rings. The number of hydrogen-bond donors (Lipinski definition) is 1. The zero-order chi connectivity index (χ0) is 10.4. The van der Waals surface area contributed by atoms with E-state index in [0.717, 1.165) is 0 Å². The van der Waals surface area contributed by atoms with Gasteiger partial charge in [0.25, 0.3) is 0 Å². The Bertz CT molecular complexity index is 441. The minimum atomic E-state index is 0.0858. The van der Waals surface area contributed by atoms with Crippen molar-refractivity contribution in [1.82, 2.24) is 0 Å². The Kier molecular flexibility index (Phi) is 3.69. The minimum absolute atomic E-state index is 0.0858. The summed E-state index contributed by atoms with van der Waals surface area (Å²) in [5.41, 5.74) is 8.50. The van der Waals surface area contributed by atoms with Gasteiger partial charge in [0.05, 0.1) is 11.6 Å². The van der Waals surface area contributed by atoms with E-state index in [2.05, 4.69) is 21.9 Å². The fourth-order valence-electron chi connectivity index (χ4n) is 0.811. The highest BCUT2D eigenvalue weighted by Crippen LogP contribution is 2.19. The Hall–Kier alpha value is -1.82. The van der Waals surface area contributed by atoms with E-state index in [1.165, 1.54) is 12.1 Å². The molecule has 0 aliphatic carbocycles. The molecule has 0 aliphatic heterocycles. The second-order valence-corrected chi connectivity index (χ2v) is 2.76. The summed E-state index contributed by atoms with van der Waals surface area (Å²) in [6.45, 7) is 0.0858. The van der Waals surface area contributed by atoms with Crippen molar-refractivity contribution in [2.24, 2.45) is 5.11 Å². The summed E-state index contributed by atoms with van der Waals surface area (Å²) in [5.74, 6) is 5.39. The molecule has 0 fully saturated rings. The van der Waals surface area contributed by atoms with E-state index >= 15 is 0 Å². The van der Waals surface area contributed by atoms with Crippen LogP contribution in [-0.4, -0.2) is 11.7 Å². The fraction of sp³-hybridized carbons (Fsp3) is 0.111. The van der Waals surface area contributed by atoms with Crippen LogP contribution in [0.2, 0.25) is 5.02 Å². The van der Waals surface area contributed by atoms with Gasteiger partial charge in [-0.1, -0.05) is 28.6 Å². The van der Waals surface area contributed by atoms with Crippen LogP contribution in [0.4, 0.5) is 0 Å². The molecule has 1 aromatic carbocycles. The number of phenols is 1. The predicted molar refractivity (Wildman–Crippen MR) is 54.0 cm³/mol. The quantitative estimate of drug-likeness (QED) is 0.327. The molecule has 0 amide bonds. The van der Waals surface area contributed by atoms with Gasteiger partial charge in [0.15, 0.2) is 0 Å². The molecule has 0 heterocycles. The van der Waals surface area contributed by atoms with Gasteiger partial charge in [-0.05, 0) is 23.7 Å². The molecule has 4 nitrogen and oxygen atoms in total. The average Bonchev–Trinajstić information content (AvgIpc) is 2.18. The number of aromatic hydroxyl groups is 1. The lowest BCUT2D eigenvalue weighted by atomic mass is 10.2. The predicted octanol–water partition coefficient (Wildman–Crippen LogP) is 2.71. The molecule has 70 valence electrons. The van der Waals surface area contributed by atoms with E-state index in [-0.39, 0.29) is 12.3 Å². The number of azide groups is 1. The van der Waals surface area contributed by atoms with Gasteiger partial charge in [-0.3, -0.25) is 0 Å². The lowest BCUT2D eigenvalue weighted by molar-refractivity contribution is 0.475. The molecule has 1 N–H and O–H groups in total. The number of halogens is 1. The van der Waals surface area contributed by atoms with Crippen LogP contribution in [0.3, 0.4) is 0 Å². The molecule has 0 saturated heterocycles. The summed E-state index contributed by atoms with van der Waals surface area (Å²) in [6, 6.07) is 4.47. The highest BCUT2D eigenvalue weighted by Gasteiger charge is 1.96. The van der Waals surface area contributed by atoms with Crippen LogP contribution in [-0.2, 0) is 0 Å². The SMILES string of the molecule is [N-]=[N+]=NCC#Cc1cc(O)ccc1Cl. The second kappa shape index (κ2) is 5.03. The first kappa shape index (κ1) is 10.3. The Labute approximate surface area is 85.8 Å². The summed E-state index contributed by atoms with van der Waals surface area (Å²) in [5, 5.41) is 12.8. The third-order valence-corrected chi connectivity index (χ3v) is 1.72. The van der Waals surface area contributed by atoms with E-state index in [1.807, 2.05) is 0 Å². The van der Waals surface area contributed by atoms with Gasteiger partial charge in [0, 0.05) is 10.5 Å². The molecule has 0 saturated carbocycles. The van der Waals surface area contributed by atoms with Gasteiger partial charge in [0.2, 0.25) is 0 Å². The molecule has 0 unspecified atom stereocenters. The largest absolute Gasteiger partial charge is 0.508 e. The summed E-state index contributed by atoms with van der Waals surface area (Å²) in [6.07, 6.45) is 0. The van der Waals surface area contributed by atoms with Gasteiger partial charge in [-0.25, -0.2) is 0 Å². The molecular formula is C9H6ClN3O. The fourth-order valence-corrected chi connectivity index (χ4v) is 0.976. The van der Waals surface area contributed by atoms with E-state index in [1.54, 1.807) is 6.07 Å². The molecule has 0 spiro atoms. The average molecular weight is 208 g/mol. The molecular weight excluding hydrogens is 202 g/mol. The van der Waals surface area contributed by atoms with Crippen LogP contribution in [0.25, 0.3) is 10.4 Å². The maximum absolute atomic E-state index is 9.13. The summed E-state index contributed by atoms with van der Waals surface area (Å²) < 4.78 is 0. The van der Waals surface area contributed by atoms with Gasteiger partial charge in [-0.15, -0.1) is 0 Å². The van der Waals surface area contributed by atoms with Crippen molar-refractivity contribution < 1.29 is 5.11 Å². The van der Waals surface area contributed by atoms with E-state index in [9.17, 15) is 0 Å². The molecule has 0 bridgehead atoms. The second-order valence-electron chi connectivity index (χ2n) is 2.35. The topological polar surface area (TPSA) is 69.0 Å². The highest BCUT2D eigenvalue weighted by atomic mass is 35.5. The number of phenolic OH excluding ortho intramolecular Hbond substituents is 1. The van der Waals surface area contributed by atoms with Crippen LogP contribution in [0, 0.1) is 11.8 Å². The normalized spacial score (nSPS) is 8.36. The summed E-state index contributed by atoms with van der Waals surface area (Å²) in [7, 11) is 0. The zero-order valence-corrected chi connectivity index (χ0v) is 7.86. The van der Waals surface area contributed by atoms with Crippen LogP contribution >= 0.6 is 11.6 Å². The summed E-state index contributed by atoms with van der Waals surface area (Å²) in [4.78, 5) is 2.55. The zero-order valence-electron chi connectivity index (χ0n) is 7.11. The van der Waals surface area contributed by atoms with E-state index < -0.39 is 0 Å². The Morgan fingerprint density at radius 1 is 1.57 bits per heavy atom. The molecule has 0 radical (unpaired) electrons. The van der Waals surface area contributed by atoms with Gasteiger partial charge in [0.1, 0.15) is 5.75 Å². The third kappa shape index (κ3) is 2.91. The van der Waals surface area contributed by atoms with Crippen molar-refractivity contribution in [2.75, 3.05) is 6.54 Å². The van der Waals surface area contributed by atoms with E-state index in [4.69, 9.17) is 22.2 Å². The van der Waals surface area contributed by atoms with Crippen molar-refractivity contribution in [3.63, 3.8) is 0 Å². The van der Waals surface area contributed by atoms with Crippen molar-refractivity contribution in [2.45, 2.75) is 0 Å². The monoisotopic (exact) mass is 207 g/mol. The molecule has 1 rings (SSSR count). The van der Waals surface area contributed by atoms with Crippen LogP contribution in [0.15, 0.2) is 23.3 Å². The van der Waals surface area contributed by atoms with Gasteiger partial charge >= 0.3 is 0 Å². The maximum atomic E-state index is 9.13. The standard InChI is InChI=1S/C9H6ClN3O/c10-9-4-3-8(14)6-7(9)2-1-5-12-13-11/h3-4,6,14H,5H2. The molecule has 0 aromatic heterocycles. The van der Waals surface area contributed by atoms with Crippen molar-refractivity contribution >= 4 is 11.6 Å². The Morgan fingerprint density at radius 3 is 3.07 bits per heavy atom. The number of rotatable bonds is 1. The first-order valence-corrected chi connectivity index (χ1v) is 4.10. The lowest BCUT2D eigenvalue weighted by Crippen LogP contribution is -1.77.